The molecule has 0 bridgehead atoms. The minimum Gasteiger partial charge on any atom is -0.496 e. The van der Waals surface area contributed by atoms with Crippen molar-refractivity contribution in [3.05, 3.63) is 29.8 Å². The summed E-state index contributed by atoms with van der Waals surface area (Å²) >= 11 is 0. The van der Waals surface area contributed by atoms with Gasteiger partial charge in [-0.25, -0.2) is 0 Å². The maximum absolute atomic E-state index is 11.3. The van der Waals surface area contributed by atoms with E-state index in [-0.39, 0.29) is 11.6 Å². The Bertz CT molecular complexity index is 382. The SMILES string of the molecule is COc1ccccc1CC(C(C)=O)C(C)=O. The van der Waals surface area contributed by atoms with Crippen molar-refractivity contribution in [1.82, 2.24) is 0 Å². The van der Waals surface area contributed by atoms with Gasteiger partial charge in [-0.3, -0.25) is 9.59 Å². The Balaban J connectivity index is 2.93. The number of benzene rings is 1. The van der Waals surface area contributed by atoms with E-state index in [0.29, 0.717) is 6.42 Å². The van der Waals surface area contributed by atoms with Crippen molar-refractivity contribution in [2.24, 2.45) is 5.92 Å². The zero-order chi connectivity index (χ0) is 12.1. The van der Waals surface area contributed by atoms with Crippen molar-refractivity contribution in [3.63, 3.8) is 0 Å². The third-order valence-corrected chi connectivity index (χ3v) is 2.60. The van der Waals surface area contributed by atoms with Crippen molar-refractivity contribution >= 4 is 11.6 Å². The second kappa shape index (κ2) is 5.45. The van der Waals surface area contributed by atoms with E-state index in [1.165, 1.54) is 13.8 Å². The maximum atomic E-state index is 11.3. The van der Waals surface area contributed by atoms with Gasteiger partial charge >= 0.3 is 0 Å². The quantitative estimate of drug-likeness (QED) is 0.713. The van der Waals surface area contributed by atoms with E-state index < -0.39 is 5.92 Å². The lowest BCUT2D eigenvalue weighted by atomic mass is 9.92. The topological polar surface area (TPSA) is 43.4 Å². The number of hydrogen-bond donors (Lipinski definition) is 0. The number of rotatable bonds is 5. The highest BCUT2D eigenvalue weighted by Crippen LogP contribution is 2.21. The molecular formula is C13H16O3. The molecule has 0 amide bonds. The van der Waals surface area contributed by atoms with Gasteiger partial charge < -0.3 is 4.74 Å². The predicted octanol–water partition coefficient (Wildman–Crippen LogP) is 2.03. The zero-order valence-electron chi connectivity index (χ0n) is 9.82. The van der Waals surface area contributed by atoms with Crippen LogP contribution in [0.25, 0.3) is 0 Å². The highest BCUT2D eigenvalue weighted by molar-refractivity contribution is 6.00. The zero-order valence-corrected chi connectivity index (χ0v) is 9.82. The van der Waals surface area contributed by atoms with Crippen molar-refractivity contribution in [1.29, 1.82) is 0 Å². The second-order valence-electron chi connectivity index (χ2n) is 3.79. The average Bonchev–Trinajstić information content (AvgIpc) is 2.25. The largest absolute Gasteiger partial charge is 0.496 e. The highest BCUT2D eigenvalue weighted by Gasteiger charge is 2.21. The van der Waals surface area contributed by atoms with Crippen LogP contribution in [0.15, 0.2) is 24.3 Å². The molecule has 3 nitrogen and oxygen atoms in total. The highest BCUT2D eigenvalue weighted by atomic mass is 16.5. The minimum absolute atomic E-state index is 0.0987. The first-order valence-electron chi connectivity index (χ1n) is 5.19. The van der Waals surface area contributed by atoms with Crippen molar-refractivity contribution in [2.75, 3.05) is 7.11 Å². The molecule has 0 saturated carbocycles. The summed E-state index contributed by atoms with van der Waals surface area (Å²) in [5.74, 6) is -0.0388. The van der Waals surface area contributed by atoms with E-state index in [9.17, 15) is 9.59 Å². The van der Waals surface area contributed by atoms with Crippen LogP contribution in [0.1, 0.15) is 19.4 Å². The Kier molecular flexibility index (Phi) is 4.23. The van der Waals surface area contributed by atoms with Gasteiger partial charge in [-0.1, -0.05) is 18.2 Å². The molecule has 0 spiro atoms. The number of para-hydroxylation sites is 1. The van der Waals surface area contributed by atoms with E-state index in [4.69, 9.17) is 4.74 Å². The van der Waals surface area contributed by atoms with Gasteiger partial charge in [-0.15, -0.1) is 0 Å². The van der Waals surface area contributed by atoms with Gasteiger partial charge in [0.1, 0.15) is 17.3 Å². The lowest BCUT2D eigenvalue weighted by Gasteiger charge is -2.12. The minimum atomic E-state index is -0.559. The summed E-state index contributed by atoms with van der Waals surface area (Å²) in [6.07, 6.45) is 0.411. The predicted molar refractivity (Wildman–Crippen MR) is 61.6 cm³/mol. The van der Waals surface area contributed by atoms with Gasteiger partial charge in [0.2, 0.25) is 0 Å². The molecule has 1 aromatic carbocycles. The van der Waals surface area contributed by atoms with E-state index in [2.05, 4.69) is 0 Å². The van der Waals surface area contributed by atoms with Gasteiger partial charge in [-0.05, 0) is 31.9 Å². The first-order chi connectivity index (χ1) is 7.56. The lowest BCUT2D eigenvalue weighted by Crippen LogP contribution is -2.22. The van der Waals surface area contributed by atoms with Crippen molar-refractivity contribution in [2.45, 2.75) is 20.3 Å². The molecule has 0 fully saturated rings. The fourth-order valence-electron chi connectivity index (χ4n) is 1.67. The molecule has 0 saturated heterocycles. The number of hydrogen-bond acceptors (Lipinski definition) is 3. The first kappa shape index (κ1) is 12.4. The summed E-state index contributed by atoms with van der Waals surface area (Å²) < 4.78 is 5.18. The Morgan fingerprint density at radius 1 is 1.19 bits per heavy atom. The van der Waals surface area contributed by atoms with Crippen LogP contribution in [0.5, 0.6) is 5.75 Å². The molecule has 86 valence electrons. The van der Waals surface area contributed by atoms with Crippen molar-refractivity contribution in [3.8, 4) is 5.75 Å². The van der Waals surface area contributed by atoms with E-state index >= 15 is 0 Å². The molecule has 0 N–H and O–H groups in total. The molecule has 0 heterocycles. The molecule has 0 atom stereocenters. The Hall–Kier alpha value is -1.64. The fourth-order valence-corrected chi connectivity index (χ4v) is 1.67. The lowest BCUT2D eigenvalue weighted by molar-refractivity contribution is -0.130. The summed E-state index contributed by atoms with van der Waals surface area (Å²) in [5.41, 5.74) is 0.889. The van der Waals surface area contributed by atoms with Crippen molar-refractivity contribution < 1.29 is 14.3 Å². The van der Waals surface area contributed by atoms with Gasteiger partial charge in [0, 0.05) is 0 Å². The van der Waals surface area contributed by atoms with Crippen LogP contribution in [0.2, 0.25) is 0 Å². The number of methoxy groups -OCH3 is 1. The number of ether oxygens (including phenoxy) is 1. The summed E-state index contributed by atoms with van der Waals surface area (Å²) in [5, 5.41) is 0. The average molecular weight is 220 g/mol. The Morgan fingerprint density at radius 3 is 2.25 bits per heavy atom. The first-order valence-corrected chi connectivity index (χ1v) is 5.19. The molecule has 3 heteroatoms. The molecule has 0 aliphatic carbocycles. The molecular weight excluding hydrogens is 204 g/mol. The summed E-state index contributed by atoms with van der Waals surface area (Å²) in [7, 11) is 1.58. The van der Waals surface area contributed by atoms with Crippen LogP contribution in [-0.2, 0) is 16.0 Å². The normalized spacial score (nSPS) is 10.2. The Labute approximate surface area is 95.4 Å². The smallest absolute Gasteiger partial charge is 0.140 e. The number of ketones is 2. The molecule has 1 rings (SSSR count). The van der Waals surface area contributed by atoms with Crippen LogP contribution in [0, 0.1) is 5.92 Å². The van der Waals surface area contributed by atoms with E-state index in [0.717, 1.165) is 11.3 Å². The monoisotopic (exact) mass is 220 g/mol. The number of carbonyl (C=O) groups is 2. The number of Topliss-reactive ketones (excluding diaryl/α,β-unsaturated/α-hetero) is 2. The molecule has 0 aliphatic rings. The number of carbonyl (C=O) groups excluding carboxylic acids is 2. The third kappa shape index (κ3) is 2.92. The fraction of sp³-hybridized carbons (Fsp3) is 0.385. The maximum Gasteiger partial charge on any atom is 0.140 e. The Morgan fingerprint density at radius 2 is 1.75 bits per heavy atom. The van der Waals surface area contributed by atoms with E-state index in [1.807, 2.05) is 24.3 Å². The van der Waals surface area contributed by atoms with Crippen LogP contribution < -0.4 is 4.74 Å². The van der Waals surface area contributed by atoms with Crippen LogP contribution in [-0.4, -0.2) is 18.7 Å². The van der Waals surface area contributed by atoms with Gasteiger partial charge in [0.25, 0.3) is 0 Å². The third-order valence-electron chi connectivity index (χ3n) is 2.60. The molecule has 0 radical (unpaired) electrons. The summed E-state index contributed by atoms with van der Waals surface area (Å²) in [6.45, 7) is 2.89. The molecule has 0 unspecified atom stereocenters. The second-order valence-corrected chi connectivity index (χ2v) is 3.79. The standard InChI is InChI=1S/C13H16O3/c1-9(14)12(10(2)15)8-11-6-4-5-7-13(11)16-3/h4-7,12H,8H2,1-3H3. The molecule has 0 aromatic heterocycles. The van der Waals surface area contributed by atoms with Crippen LogP contribution in [0.4, 0.5) is 0 Å². The van der Waals surface area contributed by atoms with Gasteiger partial charge in [0.05, 0.1) is 13.0 Å². The molecule has 16 heavy (non-hydrogen) atoms. The van der Waals surface area contributed by atoms with Gasteiger partial charge in [-0.2, -0.15) is 0 Å². The van der Waals surface area contributed by atoms with Crippen LogP contribution >= 0.6 is 0 Å². The summed E-state index contributed by atoms with van der Waals surface area (Å²) in [4.78, 5) is 22.7. The van der Waals surface area contributed by atoms with Crippen LogP contribution in [0.3, 0.4) is 0 Å². The van der Waals surface area contributed by atoms with Gasteiger partial charge in [0.15, 0.2) is 0 Å². The summed E-state index contributed by atoms with van der Waals surface area (Å²) in [6, 6.07) is 7.43. The van der Waals surface area contributed by atoms with E-state index in [1.54, 1.807) is 7.11 Å². The molecule has 1 aromatic rings. The molecule has 0 aliphatic heterocycles.